The molecule has 0 aliphatic rings. The van der Waals surface area contributed by atoms with Gasteiger partial charge in [-0.1, -0.05) is 44.7 Å². The standard InChI is InChI=1S/C21H28O4/c1-3-4-5-6-7-12-24-20-10-8-19-16-21(11-9-18(19)15-20)25-14-13-23-17(2)22/h8-11,15-16H,3-7,12-14H2,1-2H3. The van der Waals surface area contributed by atoms with E-state index in [1.54, 1.807) is 0 Å². The van der Waals surface area contributed by atoms with Gasteiger partial charge in [0.15, 0.2) is 0 Å². The fourth-order valence-electron chi connectivity index (χ4n) is 2.62. The van der Waals surface area contributed by atoms with E-state index in [2.05, 4.69) is 13.0 Å². The summed E-state index contributed by atoms with van der Waals surface area (Å²) in [6.45, 7) is 5.00. The summed E-state index contributed by atoms with van der Waals surface area (Å²) in [4.78, 5) is 10.7. The number of rotatable bonds is 11. The number of benzene rings is 2. The number of unbranched alkanes of at least 4 members (excludes halogenated alkanes) is 4. The average Bonchev–Trinajstić information content (AvgIpc) is 2.61. The number of esters is 1. The molecule has 0 fully saturated rings. The smallest absolute Gasteiger partial charge is 0.302 e. The first-order valence-electron chi connectivity index (χ1n) is 9.12. The molecule has 25 heavy (non-hydrogen) atoms. The van der Waals surface area contributed by atoms with Gasteiger partial charge >= 0.3 is 5.97 Å². The Morgan fingerprint density at radius 3 is 2.00 bits per heavy atom. The third kappa shape index (κ3) is 7.04. The van der Waals surface area contributed by atoms with Crippen LogP contribution in [0, 0.1) is 0 Å². The molecule has 4 heteroatoms. The van der Waals surface area contributed by atoms with Crippen molar-refractivity contribution < 1.29 is 19.0 Å². The summed E-state index contributed by atoms with van der Waals surface area (Å²) in [7, 11) is 0. The molecule has 0 N–H and O–H groups in total. The van der Waals surface area contributed by atoms with Crippen molar-refractivity contribution in [3.8, 4) is 11.5 Å². The van der Waals surface area contributed by atoms with Gasteiger partial charge in [0.25, 0.3) is 0 Å². The Morgan fingerprint density at radius 1 is 0.800 bits per heavy atom. The first-order chi connectivity index (χ1) is 12.2. The molecular formula is C21H28O4. The minimum absolute atomic E-state index is 0.262. The lowest BCUT2D eigenvalue weighted by Gasteiger charge is -2.09. The van der Waals surface area contributed by atoms with Gasteiger partial charge in [0, 0.05) is 6.92 Å². The molecule has 2 aromatic rings. The molecule has 0 saturated heterocycles. The molecule has 136 valence electrons. The summed E-state index contributed by atoms with van der Waals surface area (Å²) in [6.07, 6.45) is 6.20. The van der Waals surface area contributed by atoms with Gasteiger partial charge in [-0.25, -0.2) is 0 Å². The summed E-state index contributed by atoms with van der Waals surface area (Å²) in [5, 5.41) is 2.22. The van der Waals surface area contributed by atoms with E-state index in [0.29, 0.717) is 6.61 Å². The molecule has 0 aliphatic carbocycles. The summed E-state index contributed by atoms with van der Waals surface area (Å²) in [5.74, 6) is 1.38. The van der Waals surface area contributed by atoms with Gasteiger partial charge < -0.3 is 14.2 Å². The van der Waals surface area contributed by atoms with Crippen molar-refractivity contribution in [3.63, 3.8) is 0 Å². The van der Waals surface area contributed by atoms with Crippen molar-refractivity contribution in [1.82, 2.24) is 0 Å². The molecule has 0 aromatic heterocycles. The highest BCUT2D eigenvalue weighted by Crippen LogP contribution is 2.25. The molecule has 0 heterocycles. The van der Waals surface area contributed by atoms with Gasteiger partial charge in [0.1, 0.15) is 24.7 Å². The summed E-state index contributed by atoms with van der Waals surface area (Å²) >= 11 is 0. The van der Waals surface area contributed by atoms with Crippen LogP contribution in [0.3, 0.4) is 0 Å². The van der Waals surface area contributed by atoms with Crippen molar-refractivity contribution >= 4 is 16.7 Å². The van der Waals surface area contributed by atoms with Gasteiger partial charge in [-0.15, -0.1) is 0 Å². The van der Waals surface area contributed by atoms with Crippen LogP contribution in [0.15, 0.2) is 36.4 Å². The van der Waals surface area contributed by atoms with Crippen LogP contribution in [0.25, 0.3) is 10.8 Å². The van der Waals surface area contributed by atoms with Crippen LogP contribution in [0.4, 0.5) is 0 Å². The topological polar surface area (TPSA) is 44.8 Å². The number of carbonyl (C=O) groups excluding carboxylic acids is 1. The van der Waals surface area contributed by atoms with E-state index in [9.17, 15) is 4.79 Å². The Morgan fingerprint density at radius 2 is 1.40 bits per heavy atom. The predicted molar refractivity (Wildman–Crippen MR) is 100 cm³/mol. The van der Waals surface area contributed by atoms with Gasteiger partial charge in [-0.2, -0.15) is 0 Å². The van der Waals surface area contributed by atoms with Gasteiger partial charge in [0.2, 0.25) is 0 Å². The molecule has 0 unspecified atom stereocenters. The fourth-order valence-corrected chi connectivity index (χ4v) is 2.62. The first kappa shape index (κ1) is 19.1. The SMILES string of the molecule is CCCCCCCOc1ccc2cc(OCCOC(C)=O)ccc2c1. The highest BCUT2D eigenvalue weighted by molar-refractivity contribution is 5.85. The van der Waals surface area contributed by atoms with E-state index in [0.717, 1.165) is 35.3 Å². The van der Waals surface area contributed by atoms with Crippen LogP contribution in [-0.2, 0) is 9.53 Å². The highest BCUT2D eigenvalue weighted by Gasteiger charge is 2.01. The van der Waals surface area contributed by atoms with Crippen molar-refractivity contribution in [2.75, 3.05) is 19.8 Å². The molecule has 0 atom stereocenters. The Labute approximate surface area is 150 Å². The Balaban J connectivity index is 1.82. The zero-order chi connectivity index (χ0) is 17.9. The Hall–Kier alpha value is -2.23. The van der Waals surface area contributed by atoms with Crippen molar-refractivity contribution in [1.29, 1.82) is 0 Å². The molecule has 0 amide bonds. The van der Waals surface area contributed by atoms with Gasteiger partial charge in [-0.3, -0.25) is 4.79 Å². The lowest BCUT2D eigenvalue weighted by molar-refractivity contribution is -0.141. The number of hydrogen-bond acceptors (Lipinski definition) is 4. The molecular weight excluding hydrogens is 316 g/mol. The number of ether oxygens (including phenoxy) is 3. The molecule has 0 bridgehead atoms. The largest absolute Gasteiger partial charge is 0.494 e. The maximum Gasteiger partial charge on any atom is 0.302 e. The van der Waals surface area contributed by atoms with Crippen LogP contribution in [-0.4, -0.2) is 25.8 Å². The zero-order valence-electron chi connectivity index (χ0n) is 15.3. The second kappa shape index (κ2) is 10.6. The average molecular weight is 344 g/mol. The van der Waals surface area contributed by atoms with Crippen molar-refractivity contribution in [2.45, 2.75) is 46.0 Å². The Bertz CT molecular complexity index is 666. The quantitative estimate of drug-likeness (QED) is 0.419. The molecule has 0 saturated carbocycles. The zero-order valence-corrected chi connectivity index (χ0v) is 15.3. The fraction of sp³-hybridized carbons (Fsp3) is 0.476. The van der Waals surface area contributed by atoms with Gasteiger partial charge in [0.05, 0.1) is 6.61 Å². The predicted octanol–water partition coefficient (Wildman–Crippen LogP) is 5.13. The maximum absolute atomic E-state index is 10.7. The van der Waals surface area contributed by atoms with E-state index in [4.69, 9.17) is 14.2 Å². The van der Waals surface area contributed by atoms with Crippen LogP contribution in [0.1, 0.15) is 46.0 Å². The van der Waals surface area contributed by atoms with E-state index >= 15 is 0 Å². The minimum atomic E-state index is -0.292. The van der Waals surface area contributed by atoms with Crippen LogP contribution in [0.2, 0.25) is 0 Å². The molecule has 4 nitrogen and oxygen atoms in total. The molecule has 2 aromatic carbocycles. The number of hydrogen-bond donors (Lipinski definition) is 0. The minimum Gasteiger partial charge on any atom is -0.494 e. The molecule has 0 radical (unpaired) electrons. The maximum atomic E-state index is 10.7. The lowest BCUT2D eigenvalue weighted by atomic mass is 10.1. The first-order valence-corrected chi connectivity index (χ1v) is 9.12. The second-order valence-corrected chi connectivity index (χ2v) is 6.12. The summed E-state index contributed by atoms with van der Waals surface area (Å²) in [5.41, 5.74) is 0. The normalized spacial score (nSPS) is 10.6. The second-order valence-electron chi connectivity index (χ2n) is 6.12. The monoisotopic (exact) mass is 344 g/mol. The van der Waals surface area contributed by atoms with Crippen LogP contribution >= 0.6 is 0 Å². The third-order valence-corrected chi connectivity index (χ3v) is 3.96. The molecule has 0 spiro atoms. The van der Waals surface area contributed by atoms with Gasteiger partial charge in [-0.05, 0) is 41.5 Å². The lowest BCUT2D eigenvalue weighted by Crippen LogP contribution is -2.09. The summed E-state index contributed by atoms with van der Waals surface area (Å²) in [6, 6.07) is 12.0. The van der Waals surface area contributed by atoms with E-state index in [1.165, 1.54) is 32.6 Å². The van der Waals surface area contributed by atoms with Crippen molar-refractivity contribution in [3.05, 3.63) is 36.4 Å². The van der Waals surface area contributed by atoms with E-state index in [1.807, 2.05) is 30.3 Å². The number of carbonyl (C=O) groups is 1. The number of fused-ring (bicyclic) bond motifs is 1. The van der Waals surface area contributed by atoms with E-state index in [-0.39, 0.29) is 12.6 Å². The van der Waals surface area contributed by atoms with Crippen LogP contribution in [0.5, 0.6) is 11.5 Å². The van der Waals surface area contributed by atoms with Crippen LogP contribution < -0.4 is 9.47 Å². The molecule has 2 rings (SSSR count). The highest BCUT2D eigenvalue weighted by atomic mass is 16.6. The third-order valence-electron chi connectivity index (χ3n) is 3.96. The van der Waals surface area contributed by atoms with E-state index < -0.39 is 0 Å². The molecule has 0 aliphatic heterocycles. The van der Waals surface area contributed by atoms with Crippen molar-refractivity contribution in [2.24, 2.45) is 0 Å². The summed E-state index contributed by atoms with van der Waals surface area (Å²) < 4.78 is 16.3. The Kier molecular flexibility index (Phi) is 8.10.